The average Bonchev–Trinajstić information content (AvgIpc) is 3.60. The zero-order valence-electron chi connectivity index (χ0n) is 27.2. The molecular formula is C35H45N5O5S. The number of likely N-dealkylation sites (tertiary alicyclic amines) is 1. The highest BCUT2D eigenvalue weighted by Crippen LogP contribution is 2.30. The fraction of sp³-hybridized carbons (Fsp3) is 0.486. The van der Waals surface area contributed by atoms with E-state index in [2.05, 4.69) is 15.6 Å². The zero-order chi connectivity index (χ0) is 33.2. The number of hydrogen-bond acceptors (Lipinski definition) is 8. The first-order valence-corrected chi connectivity index (χ1v) is 16.8. The number of rotatable bonds is 10. The number of thiazole rings is 1. The van der Waals surface area contributed by atoms with Crippen LogP contribution in [0, 0.1) is 12.3 Å². The maximum atomic E-state index is 14.0. The topological polar surface area (TPSA) is 147 Å². The van der Waals surface area contributed by atoms with Crippen molar-refractivity contribution < 1.29 is 24.2 Å². The summed E-state index contributed by atoms with van der Waals surface area (Å²) in [5.41, 5.74) is 10.8. The molecule has 0 bridgehead atoms. The molecule has 2 aromatic carbocycles. The summed E-state index contributed by atoms with van der Waals surface area (Å²) in [7, 11) is 0. The van der Waals surface area contributed by atoms with Gasteiger partial charge in [-0.1, -0.05) is 57.2 Å². The predicted octanol–water partition coefficient (Wildman–Crippen LogP) is 3.90. The summed E-state index contributed by atoms with van der Waals surface area (Å²) in [5.74, 6) is -0.307. The van der Waals surface area contributed by atoms with Gasteiger partial charge in [0.25, 0.3) is 0 Å². The van der Waals surface area contributed by atoms with Crippen LogP contribution in [-0.4, -0.2) is 69.6 Å². The Morgan fingerprint density at radius 3 is 2.33 bits per heavy atom. The minimum absolute atomic E-state index is 0.0179. The minimum Gasteiger partial charge on any atom is -0.490 e. The summed E-state index contributed by atoms with van der Waals surface area (Å²) >= 11 is 1.58. The Bertz CT molecular complexity index is 1530. The smallest absolute Gasteiger partial charge is 0.246 e. The third-order valence-corrected chi connectivity index (χ3v) is 9.76. The maximum Gasteiger partial charge on any atom is 0.246 e. The van der Waals surface area contributed by atoms with Gasteiger partial charge in [0.05, 0.1) is 34.6 Å². The van der Waals surface area contributed by atoms with Crippen LogP contribution in [0.15, 0.2) is 54.0 Å². The van der Waals surface area contributed by atoms with Crippen LogP contribution in [0.4, 0.5) is 0 Å². The van der Waals surface area contributed by atoms with E-state index in [1.54, 1.807) is 11.3 Å². The fourth-order valence-corrected chi connectivity index (χ4v) is 6.81. The van der Waals surface area contributed by atoms with Gasteiger partial charge in [-0.05, 0) is 60.9 Å². The second-order valence-electron chi connectivity index (χ2n) is 13.7. The second-order valence-corrected chi connectivity index (χ2v) is 14.5. The lowest BCUT2D eigenvalue weighted by atomic mass is 9.85. The zero-order valence-corrected chi connectivity index (χ0v) is 28.0. The van der Waals surface area contributed by atoms with Gasteiger partial charge < -0.3 is 31.1 Å². The third kappa shape index (κ3) is 7.94. The van der Waals surface area contributed by atoms with E-state index in [1.807, 2.05) is 88.7 Å². The fourth-order valence-electron chi connectivity index (χ4n) is 5.99. The molecule has 1 saturated heterocycles. The average molecular weight is 648 g/mol. The van der Waals surface area contributed by atoms with E-state index >= 15 is 0 Å². The molecule has 5 rings (SSSR count). The van der Waals surface area contributed by atoms with Crippen LogP contribution in [0.2, 0.25) is 0 Å². The highest BCUT2D eigenvalue weighted by atomic mass is 32.1. The molecule has 46 heavy (non-hydrogen) atoms. The number of carbonyl (C=O) groups is 3. The number of nitrogens with zero attached hydrogens (tertiary/aromatic N) is 2. The van der Waals surface area contributed by atoms with Crippen molar-refractivity contribution in [2.24, 2.45) is 11.1 Å². The van der Waals surface area contributed by atoms with Crippen molar-refractivity contribution in [2.75, 3.05) is 6.54 Å². The first-order valence-electron chi connectivity index (χ1n) is 15.9. The first-order chi connectivity index (χ1) is 21.8. The van der Waals surface area contributed by atoms with E-state index in [1.165, 1.54) is 4.90 Å². The molecule has 1 aliphatic carbocycles. The summed E-state index contributed by atoms with van der Waals surface area (Å²) < 4.78 is 5.90. The quantitative estimate of drug-likeness (QED) is 0.261. The Morgan fingerprint density at radius 2 is 1.74 bits per heavy atom. The Labute approximate surface area is 274 Å². The summed E-state index contributed by atoms with van der Waals surface area (Å²) in [6, 6.07) is 13.5. The molecule has 10 nitrogen and oxygen atoms in total. The highest BCUT2D eigenvalue weighted by Gasteiger charge is 2.44. The number of aliphatic hydroxyl groups is 1. The van der Waals surface area contributed by atoms with Gasteiger partial charge in [-0.2, -0.15) is 0 Å². The van der Waals surface area contributed by atoms with Crippen LogP contribution in [0.5, 0.6) is 5.75 Å². The largest absolute Gasteiger partial charge is 0.490 e. The summed E-state index contributed by atoms with van der Waals surface area (Å²) in [6.45, 7) is 9.50. The number of hydrogen-bond donors (Lipinski definition) is 4. The number of carbonyl (C=O) groups excluding carboxylic acids is 3. The number of ether oxygens (including phenoxy) is 1. The van der Waals surface area contributed by atoms with Crippen LogP contribution in [0.3, 0.4) is 0 Å². The molecule has 2 fully saturated rings. The molecule has 0 radical (unpaired) electrons. The van der Waals surface area contributed by atoms with E-state index in [4.69, 9.17) is 10.5 Å². The molecule has 1 saturated carbocycles. The molecule has 2 aliphatic rings. The normalized spacial score (nSPS) is 22.5. The molecule has 246 valence electrons. The summed E-state index contributed by atoms with van der Waals surface area (Å²) in [6.07, 6.45) is 1.17. The van der Waals surface area contributed by atoms with Crippen LogP contribution in [0.1, 0.15) is 69.8 Å². The first kappa shape index (κ1) is 33.6. The number of aliphatic hydroxyl groups excluding tert-OH is 1. The molecule has 1 aliphatic heterocycles. The number of aryl methyl sites for hydroxylation is 1. The molecular weight excluding hydrogens is 602 g/mol. The second kappa shape index (κ2) is 13.9. The van der Waals surface area contributed by atoms with Gasteiger partial charge in [0.1, 0.15) is 23.9 Å². The number of β-amino-alcohol motifs (C(OH)–C–C–N with tert-alkyl or cyclic N) is 1. The Balaban J connectivity index is 1.21. The lowest BCUT2D eigenvalue weighted by Gasteiger charge is -2.35. The summed E-state index contributed by atoms with van der Waals surface area (Å²) in [4.78, 5) is 47.5. The SMILES string of the molecule is Cc1ncsc1-c1ccc([C@H](C)NC(=O)[C@@H]2C[C@@H](O)CN2C(=O)[C@@H](NC(=O)Cc2ccc(OC3CC(N)C3)cc2)C(C)(C)C)cc1. The van der Waals surface area contributed by atoms with E-state index in [9.17, 15) is 19.5 Å². The molecule has 3 aromatic rings. The van der Waals surface area contributed by atoms with Gasteiger partial charge in [0.2, 0.25) is 17.7 Å². The minimum atomic E-state index is -0.897. The van der Waals surface area contributed by atoms with Crippen molar-refractivity contribution in [3.8, 4) is 16.2 Å². The standard InChI is InChI=1S/C35H45N5O5S/c1-20(23-8-10-24(11-9-23)31-21(2)37-19-46-31)38-33(43)29-17-26(41)18-40(29)34(44)32(35(3,4)5)39-30(42)14-22-6-12-27(13-7-22)45-28-15-25(36)16-28/h6-13,19-20,25-26,28-29,32,41H,14-18,36H2,1-5H3,(H,38,43)(H,39,42)/t20-,25?,26+,28?,29-,32+/m0/s1. The van der Waals surface area contributed by atoms with Gasteiger partial charge in [-0.3, -0.25) is 14.4 Å². The summed E-state index contributed by atoms with van der Waals surface area (Å²) in [5, 5.41) is 16.5. The number of benzene rings is 2. The van der Waals surface area contributed by atoms with Gasteiger partial charge >= 0.3 is 0 Å². The van der Waals surface area contributed by atoms with E-state index in [0.29, 0.717) is 0 Å². The van der Waals surface area contributed by atoms with Crippen LogP contribution in [-0.2, 0) is 20.8 Å². The molecule has 4 atom stereocenters. The van der Waals surface area contributed by atoms with E-state index in [-0.39, 0.29) is 49.4 Å². The molecule has 1 aromatic heterocycles. The number of nitrogens with two attached hydrogens (primary N) is 1. The lowest BCUT2D eigenvalue weighted by molar-refractivity contribution is -0.144. The van der Waals surface area contributed by atoms with Crippen LogP contribution in [0.25, 0.3) is 10.4 Å². The Kier molecular flexibility index (Phi) is 10.1. The van der Waals surface area contributed by atoms with Crippen molar-refractivity contribution in [1.29, 1.82) is 0 Å². The molecule has 0 spiro atoms. The highest BCUT2D eigenvalue weighted by molar-refractivity contribution is 7.13. The van der Waals surface area contributed by atoms with E-state index < -0.39 is 29.5 Å². The molecule has 5 N–H and O–H groups in total. The Morgan fingerprint density at radius 1 is 1.07 bits per heavy atom. The van der Waals surface area contributed by atoms with Gasteiger partial charge in [-0.25, -0.2) is 4.98 Å². The third-order valence-electron chi connectivity index (χ3n) is 8.78. The van der Waals surface area contributed by atoms with Crippen molar-refractivity contribution in [1.82, 2.24) is 20.5 Å². The maximum absolute atomic E-state index is 14.0. The number of nitrogens with one attached hydrogen (secondary N) is 2. The van der Waals surface area contributed by atoms with E-state index in [0.717, 1.165) is 45.9 Å². The van der Waals surface area contributed by atoms with Gasteiger partial charge in [-0.15, -0.1) is 11.3 Å². The lowest BCUT2D eigenvalue weighted by Crippen LogP contribution is -2.58. The number of aromatic nitrogens is 1. The molecule has 11 heteroatoms. The van der Waals surface area contributed by atoms with Gasteiger partial charge in [0.15, 0.2) is 0 Å². The van der Waals surface area contributed by atoms with Crippen molar-refractivity contribution in [2.45, 2.75) is 96.7 Å². The predicted molar refractivity (Wildman–Crippen MR) is 178 cm³/mol. The van der Waals surface area contributed by atoms with Gasteiger partial charge in [0, 0.05) is 19.0 Å². The van der Waals surface area contributed by atoms with Crippen LogP contribution < -0.4 is 21.1 Å². The molecule has 2 heterocycles. The Hall–Kier alpha value is -3.80. The van der Waals surface area contributed by atoms with Crippen molar-refractivity contribution in [3.05, 3.63) is 70.9 Å². The van der Waals surface area contributed by atoms with Crippen LogP contribution >= 0.6 is 11.3 Å². The van der Waals surface area contributed by atoms with Crippen molar-refractivity contribution in [3.63, 3.8) is 0 Å². The molecule has 0 unspecified atom stereocenters. The number of amides is 3. The monoisotopic (exact) mass is 647 g/mol. The van der Waals surface area contributed by atoms with Crippen molar-refractivity contribution >= 4 is 29.1 Å². The molecule has 3 amide bonds.